The Kier molecular flexibility index (Phi) is 4.25. The molecule has 1 aliphatic heterocycles. The van der Waals surface area contributed by atoms with E-state index < -0.39 is 0 Å². The first-order chi connectivity index (χ1) is 9.02. The average molecular weight is 259 g/mol. The summed E-state index contributed by atoms with van der Waals surface area (Å²) in [6, 6.07) is 8.52. The number of piperazine rings is 1. The Labute approximate surface area is 116 Å². The average Bonchev–Trinajstić information content (AvgIpc) is 2.39. The summed E-state index contributed by atoms with van der Waals surface area (Å²) < 4.78 is 0. The number of hydrogen-bond acceptors (Lipinski definition) is 3. The molecule has 0 aromatic heterocycles. The van der Waals surface area contributed by atoms with Crippen molar-refractivity contribution in [3.63, 3.8) is 0 Å². The van der Waals surface area contributed by atoms with Crippen LogP contribution in [0.5, 0.6) is 0 Å². The number of rotatable bonds is 2. The lowest BCUT2D eigenvalue weighted by Gasteiger charge is -2.43. The highest BCUT2D eigenvalue weighted by Crippen LogP contribution is 2.23. The zero-order valence-corrected chi connectivity index (χ0v) is 12.6. The number of hydrogen-bond donors (Lipinski definition) is 0. The molecule has 1 heterocycles. The van der Waals surface area contributed by atoms with Crippen LogP contribution in [0.1, 0.15) is 26.3 Å². The van der Waals surface area contributed by atoms with Crippen molar-refractivity contribution in [1.82, 2.24) is 4.90 Å². The Bertz CT molecular complexity index is 438. The van der Waals surface area contributed by atoms with Gasteiger partial charge in [0.15, 0.2) is 0 Å². The van der Waals surface area contributed by atoms with Crippen LogP contribution < -0.4 is 4.90 Å². The van der Waals surface area contributed by atoms with E-state index in [1.807, 2.05) is 13.3 Å². The van der Waals surface area contributed by atoms with E-state index in [1.54, 1.807) is 0 Å². The van der Waals surface area contributed by atoms with Crippen molar-refractivity contribution < 1.29 is 0 Å². The van der Waals surface area contributed by atoms with Gasteiger partial charge in [-0.25, -0.2) is 0 Å². The van der Waals surface area contributed by atoms with Gasteiger partial charge in [-0.1, -0.05) is 18.2 Å². The second-order valence-corrected chi connectivity index (χ2v) is 6.09. The quantitative estimate of drug-likeness (QED) is 0.760. The fourth-order valence-corrected chi connectivity index (χ4v) is 2.64. The van der Waals surface area contributed by atoms with Crippen molar-refractivity contribution in [1.29, 1.82) is 0 Å². The maximum atomic E-state index is 4.15. The molecule has 3 nitrogen and oxygen atoms in total. The molecule has 0 amide bonds. The SMILES string of the molecule is C/N=C/c1ccccc1N1CCN(C(C)(C)C)CC1. The molecule has 104 valence electrons. The molecule has 19 heavy (non-hydrogen) atoms. The van der Waals surface area contributed by atoms with Gasteiger partial charge < -0.3 is 4.90 Å². The van der Waals surface area contributed by atoms with E-state index in [4.69, 9.17) is 0 Å². The molecule has 0 bridgehead atoms. The zero-order chi connectivity index (χ0) is 13.9. The lowest BCUT2D eigenvalue weighted by atomic mass is 10.0. The van der Waals surface area contributed by atoms with Crippen LogP contribution in [-0.2, 0) is 0 Å². The third-order valence-corrected chi connectivity index (χ3v) is 3.77. The number of nitrogens with zero attached hydrogens (tertiary/aromatic N) is 3. The Morgan fingerprint density at radius 2 is 1.68 bits per heavy atom. The van der Waals surface area contributed by atoms with E-state index >= 15 is 0 Å². The number of anilines is 1. The van der Waals surface area contributed by atoms with Crippen LogP contribution in [-0.4, -0.2) is 49.9 Å². The summed E-state index contributed by atoms with van der Waals surface area (Å²) in [5.74, 6) is 0. The Balaban J connectivity index is 2.10. The van der Waals surface area contributed by atoms with E-state index in [0.29, 0.717) is 0 Å². The van der Waals surface area contributed by atoms with Crippen molar-refractivity contribution in [2.45, 2.75) is 26.3 Å². The molecule has 0 unspecified atom stereocenters. The van der Waals surface area contributed by atoms with Gasteiger partial charge in [0.2, 0.25) is 0 Å². The van der Waals surface area contributed by atoms with Crippen LogP contribution in [0.15, 0.2) is 29.3 Å². The van der Waals surface area contributed by atoms with Gasteiger partial charge in [-0.3, -0.25) is 9.89 Å². The first-order valence-corrected chi connectivity index (χ1v) is 7.03. The first kappa shape index (κ1) is 14.1. The monoisotopic (exact) mass is 259 g/mol. The van der Waals surface area contributed by atoms with Crippen LogP contribution in [0.3, 0.4) is 0 Å². The fourth-order valence-electron chi connectivity index (χ4n) is 2.64. The number of aliphatic imine (C=N–C) groups is 1. The Morgan fingerprint density at radius 3 is 2.26 bits per heavy atom. The van der Waals surface area contributed by atoms with Crippen LogP contribution in [0.25, 0.3) is 0 Å². The molecule has 1 aromatic carbocycles. The van der Waals surface area contributed by atoms with Crippen molar-refractivity contribution in [3.8, 4) is 0 Å². The van der Waals surface area contributed by atoms with Gasteiger partial charge in [0.05, 0.1) is 0 Å². The molecule has 1 aromatic rings. The largest absolute Gasteiger partial charge is 0.368 e. The third kappa shape index (κ3) is 3.35. The Hall–Kier alpha value is -1.35. The fraction of sp³-hybridized carbons (Fsp3) is 0.562. The van der Waals surface area contributed by atoms with Crippen LogP contribution >= 0.6 is 0 Å². The molecule has 0 radical (unpaired) electrons. The molecular formula is C16H25N3. The van der Waals surface area contributed by atoms with Crippen molar-refractivity contribution in [2.24, 2.45) is 4.99 Å². The molecule has 2 rings (SSSR count). The lowest BCUT2D eigenvalue weighted by Crippen LogP contribution is -2.53. The van der Waals surface area contributed by atoms with E-state index in [-0.39, 0.29) is 5.54 Å². The smallest absolute Gasteiger partial charge is 0.0456 e. The lowest BCUT2D eigenvalue weighted by molar-refractivity contribution is 0.128. The van der Waals surface area contributed by atoms with E-state index in [0.717, 1.165) is 26.2 Å². The van der Waals surface area contributed by atoms with Gasteiger partial charge in [-0.15, -0.1) is 0 Å². The summed E-state index contributed by atoms with van der Waals surface area (Å²) >= 11 is 0. The highest BCUT2D eigenvalue weighted by molar-refractivity contribution is 5.88. The molecule has 1 fully saturated rings. The molecule has 1 aliphatic rings. The predicted octanol–water partition coefficient (Wildman–Crippen LogP) is 2.66. The van der Waals surface area contributed by atoms with Gasteiger partial charge in [0.25, 0.3) is 0 Å². The molecule has 0 saturated carbocycles. The van der Waals surface area contributed by atoms with Gasteiger partial charge in [0.1, 0.15) is 0 Å². The second-order valence-electron chi connectivity index (χ2n) is 6.09. The van der Waals surface area contributed by atoms with Crippen LogP contribution in [0.4, 0.5) is 5.69 Å². The summed E-state index contributed by atoms with van der Waals surface area (Å²) in [7, 11) is 1.83. The topological polar surface area (TPSA) is 18.8 Å². The predicted molar refractivity (Wildman–Crippen MR) is 83.5 cm³/mol. The van der Waals surface area contributed by atoms with E-state index in [2.05, 4.69) is 59.8 Å². The summed E-state index contributed by atoms with van der Waals surface area (Å²) in [6.07, 6.45) is 1.95. The molecule has 0 aliphatic carbocycles. The first-order valence-electron chi connectivity index (χ1n) is 7.03. The molecule has 3 heteroatoms. The maximum absolute atomic E-state index is 4.15. The minimum absolute atomic E-state index is 0.274. The number of para-hydroxylation sites is 1. The highest BCUT2D eigenvalue weighted by Gasteiger charge is 2.26. The van der Waals surface area contributed by atoms with Crippen LogP contribution in [0.2, 0.25) is 0 Å². The second kappa shape index (κ2) is 5.74. The summed E-state index contributed by atoms with van der Waals surface area (Å²) in [5.41, 5.74) is 2.80. The van der Waals surface area contributed by atoms with Crippen LogP contribution in [0, 0.1) is 0 Å². The Morgan fingerprint density at radius 1 is 1.05 bits per heavy atom. The van der Waals surface area contributed by atoms with Crippen molar-refractivity contribution >= 4 is 11.9 Å². The van der Waals surface area contributed by atoms with Gasteiger partial charge in [0, 0.05) is 56.2 Å². The summed E-state index contributed by atoms with van der Waals surface area (Å²) in [6.45, 7) is 11.3. The minimum atomic E-state index is 0.274. The normalized spacial score (nSPS) is 18.2. The molecule has 0 spiro atoms. The summed E-state index contributed by atoms with van der Waals surface area (Å²) in [5, 5.41) is 0. The molecule has 1 saturated heterocycles. The summed E-state index contributed by atoms with van der Waals surface area (Å²) in [4.78, 5) is 9.18. The molecule has 0 N–H and O–H groups in total. The van der Waals surface area contributed by atoms with Gasteiger partial charge in [-0.2, -0.15) is 0 Å². The number of benzene rings is 1. The standard InChI is InChI=1S/C16H25N3/c1-16(2,3)19-11-9-18(10-12-19)15-8-6-5-7-14(15)13-17-4/h5-8,13H,9-12H2,1-4H3/b17-13+. The maximum Gasteiger partial charge on any atom is 0.0456 e. The zero-order valence-electron chi connectivity index (χ0n) is 12.6. The molecular weight excluding hydrogens is 234 g/mol. The van der Waals surface area contributed by atoms with Crippen molar-refractivity contribution in [2.75, 3.05) is 38.1 Å². The minimum Gasteiger partial charge on any atom is -0.368 e. The highest BCUT2D eigenvalue weighted by atomic mass is 15.3. The van der Waals surface area contributed by atoms with Gasteiger partial charge in [-0.05, 0) is 26.8 Å². The third-order valence-electron chi connectivity index (χ3n) is 3.77. The van der Waals surface area contributed by atoms with Gasteiger partial charge >= 0.3 is 0 Å². The van der Waals surface area contributed by atoms with E-state index in [1.165, 1.54) is 11.3 Å². The van der Waals surface area contributed by atoms with E-state index in [9.17, 15) is 0 Å². The van der Waals surface area contributed by atoms with Crippen molar-refractivity contribution in [3.05, 3.63) is 29.8 Å². The molecule has 0 atom stereocenters.